The fourth-order valence-corrected chi connectivity index (χ4v) is 3.39. The molecule has 1 saturated carbocycles. The van der Waals surface area contributed by atoms with Crippen molar-refractivity contribution in [3.05, 3.63) is 0 Å². The molecule has 1 aliphatic heterocycles. The van der Waals surface area contributed by atoms with Crippen LogP contribution in [0.2, 0.25) is 0 Å². The molecule has 3 unspecified atom stereocenters. The Kier molecular flexibility index (Phi) is 4.40. The van der Waals surface area contributed by atoms with Gasteiger partial charge in [0, 0.05) is 19.0 Å². The highest BCUT2D eigenvalue weighted by Gasteiger charge is 2.37. The van der Waals surface area contributed by atoms with E-state index in [0.717, 1.165) is 38.6 Å². The summed E-state index contributed by atoms with van der Waals surface area (Å²) in [5, 5.41) is 12.8. The predicted octanol–water partition coefficient (Wildman–Crippen LogP) is 0.748. The Balaban J connectivity index is 1.95. The summed E-state index contributed by atoms with van der Waals surface area (Å²) in [4.78, 5) is 13.7. The summed E-state index contributed by atoms with van der Waals surface area (Å²) in [6, 6.07) is 0.419. The van der Waals surface area contributed by atoms with Crippen LogP contribution in [0, 0.1) is 5.92 Å². The number of likely N-dealkylation sites (tertiary alicyclic amines) is 1. The first-order valence-electron chi connectivity index (χ1n) is 6.85. The van der Waals surface area contributed by atoms with Crippen LogP contribution in [0.1, 0.15) is 38.5 Å². The van der Waals surface area contributed by atoms with Crippen LogP contribution in [0.5, 0.6) is 0 Å². The number of carbonyl (C=O) groups is 1. The highest BCUT2D eigenvalue weighted by molar-refractivity contribution is 5.77. The molecule has 1 amide bonds. The van der Waals surface area contributed by atoms with E-state index >= 15 is 0 Å². The van der Waals surface area contributed by atoms with E-state index in [2.05, 4.69) is 10.2 Å². The number of likely N-dealkylation sites (N-methyl/N-ethyl adjacent to an activating group) is 1. The fraction of sp³-hybridized carbons (Fsp3) is 0.923. The number of aliphatic hydroxyl groups is 1. The van der Waals surface area contributed by atoms with Gasteiger partial charge in [0.2, 0.25) is 5.91 Å². The number of amides is 1. The molecule has 1 saturated heterocycles. The molecule has 0 aromatic carbocycles. The van der Waals surface area contributed by atoms with Gasteiger partial charge < -0.3 is 10.4 Å². The third-order valence-electron chi connectivity index (χ3n) is 4.32. The zero-order valence-electron chi connectivity index (χ0n) is 10.7. The summed E-state index contributed by atoms with van der Waals surface area (Å²) >= 11 is 0. The van der Waals surface area contributed by atoms with Gasteiger partial charge in [0.25, 0.3) is 0 Å². The first-order chi connectivity index (χ1) is 8.22. The Morgan fingerprint density at radius 2 is 2.06 bits per heavy atom. The number of carbonyl (C=O) groups excluding carboxylic acids is 1. The van der Waals surface area contributed by atoms with Gasteiger partial charge in [-0.25, -0.2) is 0 Å². The molecule has 2 rings (SSSR count). The quantitative estimate of drug-likeness (QED) is 0.765. The molecule has 0 aromatic rings. The van der Waals surface area contributed by atoms with Crippen LogP contribution in [0.15, 0.2) is 0 Å². The molecule has 4 nitrogen and oxygen atoms in total. The number of nitrogens with one attached hydrogen (secondary N) is 1. The lowest BCUT2D eigenvalue weighted by molar-refractivity contribution is -0.122. The lowest BCUT2D eigenvalue weighted by atomic mass is 9.80. The summed E-state index contributed by atoms with van der Waals surface area (Å²) in [7, 11) is 1.68. The summed E-state index contributed by atoms with van der Waals surface area (Å²) in [6.45, 7) is 1.49. The maximum absolute atomic E-state index is 11.5. The zero-order valence-corrected chi connectivity index (χ0v) is 10.7. The Labute approximate surface area is 103 Å². The molecule has 3 atom stereocenters. The van der Waals surface area contributed by atoms with Gasteiger partial charge in [-0.05, 0) is 32.2 Å². The average Bonchev–Trinajstić information content (AvgIpc) is 2.77. The van der Waals surface area contributed by atoms with Crippen molar-refractivity contribution in [1.29, 1.82) is 0 Å². The van der Waals surface area contributed by atoms with Crippen molar-refractivity contribution in [2.75, 3.05) is 20.1 Å². The van der Waals surface area contributed by atoms with E-state index in [1.807, 2.05) is 0 Å². The number of hydrogen-bond donors (Lipinski definition) is 2. The van der Waals surface area contributed by atoms with E-state index in [1.165, 1.54) is 6.42 Å². The molecule has 4 heteroatoms. The molecule has 1 heterocycles. The van der Waals surface area contributed by atoms with Gasteiger partial charge in [0.15, 0.2) is 0 Å². The molecule has 0 bridgehead atoms. The topological polar surface area (TPSA) is 52.6 Å². The third-order valence-corrected chi connectivity index (χ3v) is 4.32. The Morgan fingerprint density at radius 3 is 2.76 bits per heavy atom. The second kappa shape index (κ2) is 5.83. The Hall–Kier alpha value is -0.610. The first kappa shape index (κ1) is 12.8. The lowest BCUT2D eigenvalue weighted by Gasteiger charge is -2.36. The van der Waals surface area contributed by atoms with Crippen LogP contribution >= 0.6 is 0 Å². The van der Waals surface area contributed by atoms with Crippen molar-refractivity contribution in [3.8, 4) is 0 Å². The van der Waals surface area contributed by atoms with Gasteiger partial charge in [-0.1, -0.05) is 12.8 Å². The minimum absolute atomic E-state index is 0.0854. The van der Waals surface area contributed by atoms with Crippen LogP contribution in [0.4, 0.5) is 0 Å². The molecule has 0 aromatic heterocycles. The van der Waals surface area contributed by atoms with Crippen LogP contribution < -0.4 is 5.32 Å². The van der Waals surface area contributed by atoms with Crippen molar-refractivity contribution >= 4 is 5.91 Å². The second-order valence-corrected chi connectivity index (χ2v) is 5.37. The van der Waals surface area contributed by atoms with Gasteiger partial charge in [-0.2, -0.15) is 0 Å². The Bertz CT molecular complexity index is 270. The van der Waals surface area contributed by atoms with Gasteiger partial charge in [-0.3, -0.25) is 9.69 Å². The van der Waals surface area contributed by atoms with E-state index in [4.69, 9.17) is 0 Å². The molecule has 0 spiro atoms. The van der Waals surface area contributed by atoms with Gasteiger partial charge >= 0.3 is 0 Å². The zero-order chi connectivity index (χ0) is 12.3. The Morgan fingerprint density at radius 1 is 1.29 bits per heavy atom. The number of nitrogens with zero attached hydrogens (tertiary/aromatic N) is 1. The number of aliphatic hydroxyl groups excluding tert-OH is 1. The minimum Gasteiger partial charge on any atom is -0.393 e. The van der Waals surface area contributed by atoms with Crippen molar-refractivity contribution in [3.63, 3.8) is 0 Å². The minimum atomic E-state index is -0.154. The highest BCUT2D eigenvalue weighted by atomic mass is 16.3. The monoisotopic (exact) mass is 240 g/mol. The van der Waals surface area contributed by atoms with Gasteiger partial charge in [-0.15, -0.1) is 0 Å². The fourth-order valence-electron chi connectivity index (χ4n) is 3.39. The predicted molar refractivity (Wildman–Crippen MR) is 66.6 cm³/mol. The smallest absolute Gasteiger partial charge is 0.233 e. The van der Waals surface area contributed by atoms with E-state index in [0.29, 0.717) is 18.5 Å². The summed E-state index contributed by atoms with van der Waals surface area (Å²) < 4.78 is 0. The van der Waals surface area contributed by atoms with E-state index < -0.39 is 0 Å². The highest BCUT2D eigenvalue weighted by Crippen LogP contribution is 2.34. The normalized spacial score (nSPS) is 34.8. The molecule has 2 aliphatic rings. The van der Waals surface area contributed by atoms with Crippen molar-refractivity contribution in [2.24, 2.45) is 5.92 Å². The van der Waals surface area contributed by atoms with Crippen molar-refractivity contribution in [2.45, 2.75) is 50.7 Å². The molecule has 98 valence electrons. The number of hydrogen-bond acceptors (Lipinski definition) is 3. The third kappa shape index (κ3) is 2.99. The lowest BCUT2D eigenvalue weighted by Crippen LogP contribution is -2.46. The molecule has 17 heavy (non-hydrogen) atoms. The van der Waals surface area contributed by atoms with Crippen LogP contribution in [-0.2, 0) is 4.79 Å². The molecule has 0 radical (unpaired) electrons. The summed E-state index contributed by atoms with van der Waals surface area (Å²) in [5.74, 6) is 0.470. The van der Waals surface area contributed by atoms with Crippen molar-refractivity contribution < 1.29 is 9.90 Å². The summed E-state index contributed by atoms with van der Waals surface area (Å²) in [5.41, 5.74) is 0. The van der Waals surface area contributed by atoms with Crippen molar-refractivity contribution in [1.82, 2.24) is 10.2 Å². The molecule has 2 fully saturated rings. The summed E-state index contributed by atoms with van der Waals surface area (Å²) in [6.07, 6.45) is 6.58. The van der Waals surface area contributed by atoms with E-state index in [9.17, 15) is 9.90 Å². The van der Waals surface area contributed by atoms with Gasteiger partial charge in [0.1, 0.15) is 0 Å². The maximum atomic E-state index is 11.5. The largest absolute Gasteiger partial charge is 0.393 e. The van der Waals surface area contributed by atoms with E-state index in [1.54, 1.807) is 7.05 Å². The van der Waals surface area contributed by atoms with Crippen LogP contribution in [0.3, 0.4) is 0 Å². The molecular weight excluding hydrogens is 216 g/mol. The molecular formula is C13H24N2O2. The standard InChI is InChI=1S/C13H24N2O2/c1-14-13(17)9-15-8-4-6-11(15)10-5-2-3-7-12(10)16/h10-12,16H,2-9H2,1H3,(H,14,17). The molecule has 2 N–H and O–H groups in total. The van der Waals surface area contributed by atoms with Crippen LogP contribution in [0.25, 0.3) is 0 Å². The maximum Gasteiger partial charge on any atom is 0.233 e. The van der Waals surface area contributed by atoms with E-state index in [-0.39, 0.29) is 12.0 Å². The SMILES string of the molecule is CNC(=O)CN1CCCC1C1CCCCC1O. The van der Waals surface area contributed by atoms with Crippen LogP contribution in [-0.4, -0.2) is 48.2 Å². The van der Waals surface area contributed by atoms with Gasteiger partial charge in [0.05, 0.1) is 12.6 Å². The average molecular weight is 240 g/mol. The second-order valence-electron chi connectivity index (χ2n) is 5.37. The first-order valence-corrected chi connectivity index (χ1v) is 6.85. The number of rotatable bonds is 3. The molecule has 1 aliphatic carbocycles.